The Morgan fingerprint density at radius 2 is 1.57 bits per heavy atom. The van der Waals surface area contributed by atoms with E-state index >= 15 is 0 Å². The molecule has 2 aromatic rings. The van der Waals surface area contributed by atoms with Crippen LogP contribution in [-0.2, 0) is 21.1 Å². The summed E-state index contributed by atoms with van der Waals surface area (Å²) >= 11 is 0. The van der Waals surface area contributed by atoms with Crippen LogP contribution in [0.4, 0.5) is 0 Å². The van der Waals surface area contributed by atoms with Crippen LogP contribution in [0.5, 0.6) is 11.5 Å². The first-order valence-corrected chi connectivity index (χ1v) is 8.14. The van der Waals surface area contributed by atoms with Crippen molar-refractivity contribution in [3.63, 3.8) is 0 Å². The minimum Gasteiger partial charge on any atom is -0.497 e. The molecule has 0 saturated heterocycles. The molecule has 23 heavy (non-hydrogen) atoms. The lowest BCUT2D eigenvalue weighted by Crippen LogP contribution is -2.06. The van der Waals surface area contributed by atoms with Crippen molar-refractivity contribution < 1.29 is 27.8 Å². The first-order valence-electron chi connectivity index (χ1n) is 6.65. The first kappa shape index (κ1) is 16.8. The maximum Gasteiger partial charge on any atom is 0.307 e. The molecule has 0 spiro atoms. The lowest BCUT2D eigenvalue weighted by atomic mass is 10.1. The van der Waals surface area contributed by atoms with E-state index < -0.39 is 15.8 Å². The van der Waals surface area contributed by atoms with Crippen molar-refractivity contribution in [1.82, 2.24) is 0 Å². The molecule has 0 bridgehead atoms. The largest absolute Gasteiger partial charge is 0.497 e. The Balaban J connectivity index is 2.50. The summed E-state index contributed by atoms with van der Waals surface area (Å²) in [5.41, 5.74) is 0.351. The molecule has 0 saturated carbocycles. The van der Waals surface area contributed by atoms with E-state index in [1.807, 2.05) is 0 Å². The maximum atomic E-state index is 12.7. The van der Waals surface area contributed by atoms with Gasteiger partial charge < -0.3 is 14.6 Å². The van der Waals surface area contributed by atoms with Crippen molar-refractivity contribution in [1.29, 1.82) is 0 Å². The van der Waals surface area contributed by atoms with Crippen LogP contribution in [0, 0.1) is 0 Å². The van der Waals surface area contributed by atoms with Gasteiger partial charge in [-0.3, -0.25) is 4.79 Å². The van der Waals surface area contributed by atoms with Gasteiger partial charge in [0.15, 0.2) is 0 Å². The molecule has 0 aliphatic carbocycles. The molecule has 0 unspecified atom stereocenters. The van der Waals surface area contributed by atoms with E-state index in [4.69, 9.17) is 14.6 Å². The average Bonchev–Trinajstić information content (AvgIpc) is 2.53. The second-order valence-electron chi connectivity index (χ2n) is 4.77. The topological polar surface area (TPSA) is 89.9 Å². The summed E-state index contributed by atoms with van der Waals surface area (Å²) in [4.78, 5) is 10.9. The Hall–Kier alpha value is -2.54. The second-order valence-corrected chi connectivity index (χ2v) is 6.72. The highest BCUT2D eigenvalue weighted by Crippen LogP contribution is 2.27. The van der Waals surface area contributed by atoms with Gasteiger partial charge in [0.2, 0.25) is 9.84 Å². The molecule has 7 heteroatoms. The molecule has 1 N–H and O–H groups in total. The summed E-state index contributed by atoms with van der Waals surface area (Å²) < 4.78 is 35.5. The summed E-state index contributed by atoms with van der Waals surface area (Å²) in [6.07, 6.45) is -0.289. The van der Waals surface area contributed by atoms with Crippen LogP contribution in [0.2, 0.25) is 0 Å². The summed E-state index contributed by atoms with van der Waals surface area (Å²) in [6, 6.07) is 10.2. The highest BCUT2D eigenvalue weighted by molar-refractivity contribution is 7.91. The molecular formula is C16H16O6S. The van der Waals surface area contributed by atoms with Gasteiger partial charge in [-0.15, -0.1) is 0 Å². The van der Waals surface area contributed by atoms with Crippen molar-refractivity contribution in [2.24, 2.45) is 0 Å². The number of methoxy groups -OCH3 is 2. The summed E-state index contributed by atoms with van der Waals surface area (Å²) in [5, 5.41) is 8.89. The summed E-state index contributed by atoms with van der Waals surface area (Å²) in [7, 11) is -0.901. The van der Waals surface area contributed by atoms with E-state index in [1.54, 1.807) is 12.1 Å². The van der Waals surface area contributed by atoms with Crippen LogP contribution in [0.1, 0.15) is 5.56 Å². The molecule has 0 heterocycles. The van der Waals surface area contributed by atoms with Crippen LogP contribution in [0.15, 0.2) is 52.3 Å². The minimum atomic E-state index is -3.78. The molecular weight excluding hydrogens is 320 g/mol. The van der Waals surface area contributed by atoms with Gasteiger partial charge in [0, 0.05) is 0 Å². The molecule has 0 aromatic heterocycles. The second kappa shape index (κ2) is 6.70. The monoisotopic (exact) mass is 336 g/mol. The Morgan fingerprint density at radius 1 is 0.957 bits per heavy atom. The predicted molar refractivity (Wildman–Crippen MR) is 82.8 cm³/mol. The van der Waals surface area contributed by atoms with Crippen molar-refractivity contribution in [2.75, 3.05) is 14.2 Å². The lowest BCUT2D eigenvalue weighted by molar-refractivity contribution is -0.136. The third-order valence-corrected chi connectivity index (χ3v) is 4.96. The summed E-state index contributed by atoms with van der Waals surface area (Å²) in [6.45, 7) is 0. The van der Waals surface area contributed by atoms with E-state index in [2.05, 4.69) is 0 Å². The first-order chi connectivity index (χ1) is 10.9. The standard InChI is InChI=1S/C16H16O6S/c1-21-12-3-5-14(6-4-12)23(19,20)15-8-11(9-16(17)18)7-13(10-15)22-2/h3-8,10H,9H2,1-2H3,(H,17,18). The van der Waals surface area contributed by atoms with E-state index in [0.29, 0.717) is 11.3 Å². The van der Waals surface area contributed by atoms with Gasteiger partial charge >= 0.3 is 5.97 Å². The molecule has 0 aliphatic rings. The molecule has 0 atom stereocenters. The zero-order valence-corrected chi connectivity index (χ0v) is 13.5. The van der Waals surface area contributed by atoms with Crippen molar-refractivity contribution >= 4 is 15.8 Å². The molecule has 2 aromatic carbocycles. The van der Waals surface area contributed by atoms with Gasteiger partial charge in [0.1, 0.15) is 11.5 Å². The number of carbonyl (C=O) groups is 1. The highest BCUT2D eigenvalue weighted by atomic mass is 32.2. The van der Waals surface area contributed by atoms with Crippen LogP contribution >= 0.6 is 0 Å². The number of carboxylic acids is 1. The van der Waals surface area contributed by atoms with Crippen LogP contribution in [0.3, 0.4) is 0 Å². The fourth-order valence-corrected chi connectivity index (χ4v) is 3.42. The quantitative estimate of drug-likeness (QED) is 0.869. The molecule has 0 aliphatic heterocycles. The Kier molecular flexibility index (Phi) is 4.90. The Bertz CT molecular complexity index is 809. The third-order valence-electron chi connectivity index (χ3n) is 3.21. The zero-order valence-electron chi connectivity index (χ0n) is 12.6. The van der Waals surface area contributed by atoms with E-state index in [9.17, 15) is 13.2 Å². The average molecular weight is 336 g/mol. The van der Waals surface area contributed by atoms with Gasteiger partial charge in [-0.2, -0.15) is 0 Å². The fraction of sp³-hybridized carbons (Fsp3) is 0.188. The Labute approximate surface area is 134 Å². The number of hydrogen-bond donors (Lipinski definition) is 1. The van der Waals surface area contributed by atoms with Crippen LogP contribution in [0.25, 0.3) is 0 Å². The highest BCUT2D eigenvalue weighted by Gasteiger charge is 2.20. The molecule has 122 valence electrons. The molecule has 2 rings (SSSR count). The molecule has 0 radical (unpaired) electrons. The summed E-state index contributed by atoms with van der Waals surface area (Å²) in [5.74, 6) is -0.219. The third kappa shape index (κ3) is 3.81. The molecule has 0 fully saturated rings. The van der Waals surface area contributed by atoms with Gasteiger partial charge in [-0.25, -0.2) is 8.42 Å². The van der Waals surface area contributed by atoms with Gasteiger partial charge in [0.25, 0.3) is 0 Å². The number of sulfone groups is 1. The lowest BCUT2D eigenvalue weighted by Gasteiger charge is -2.10. The SMILES string of the molecule is COc1ccc(S(=O)(=O)c2cc(CC(=O)O)cc(OC)c2)cc1. The molecule has 6 nitrogen and oxygen atoms in total. The predicted octanol–water partition coefficient (Wildman–Crippen LogP) is 2.16. The van der Waals surface area contributed by atoms with Gasteiger partial charge in [0.05, 0.1) is 30.4 Å². The zero-order chi connectivity index (χ0) is 17.0. The normalized spacial score (nSPS) is 11.0. The molecule has 0 amide bonds. The number of hydrogen-bond acceptors (Lipinski definition) is 5. The van der Waals surface area contributed by atoms with Crippen molar-refractivity contribution in [2.45, 2.75) is 16.2 Å². The van der Waals surface area contributed by atoms with E-state index in [0.717, 1.165) is 0 Å². The minimum absolute atomic E-state index is 0.0155. The number of benzene rings is 2. The number of aliphatic carboxylic acids is 1. The van der Waals surface area contributed by atoms with Gasteiger partial charge in [-0.1, -0.05) is 0 Å². The number of ether oxygens (including phenoxy) is 2. The van der Waals surface area contributed by atoms with Crippen molar-refractivity contribution in [3.8, 4) is 11.5 Å². The van der Waals surface area contributed by atoms with Crippen LogP contribution in [-0.4, -0.2) is 33.7 Å². The number of carboxylic acid groups (broad SMARTS) is 1. The van der Waals surface area contributed by atoms with E-state index in [1.165, 1.54) is 44.6 Å². The van der Waals surface area contributed by atoms with Crippen LogP contribution < -0.4 is 9.47 Å². The van der Waals surface area contributed by atoms with Gasteiger partial charge in [-0.05, 0) is 48.0 Å². The Morgan fingerprint density at radius 3 is 2.09 bits per heavy atom. The maximum absolute atomic E-state index is 12.7. The fourth-order valence-electron chi connectivity index (χ4n) is 2.07. The number of rotatable bonds is 6. The van der Waals surface area contributed by atoms with E-state index in [-0.39, 0.29) is 22.0 Å². The smallest absolute Gasteiger partial charge is 0.307 e. The van der Waals surface area contributed by atoms with Crippen molar-refractivity contribution in [3.05, 3.63) is 48.0 Å².